The van der Waals surface area contributed by atoms with Gasteiger partial charge in [0.2, 0.25) is 0 Å². The Kier molecular flexibility index (Phi) is 10.0. The van der Waals surface area contributed by atoms with E-state index < -0.39 is 51.4 Å². The minimum Gasteiger partial charge on any atom is -0.466 e. The third-order valence-corrected chi connectivity index (χ3v) is 6.91. The summed E-state index contributed by atoms with van der Waals surface area (Å²) >= 11 is 0. The quantitative estimate of drug-likeness (QED) is 0.155. The molecule has 0 aromatic heterocycles. The van der Waals surface area contributed by atoms with Crippen LogP contribution in [0, 0.1) is 21.3 Å². The van der Waals surface area contributed by atoms with Crippen molar-refractivity contribution in [1.82, 2.24) is 10.2 Å². The van der Waals surface area contributed by atoms with Gasteiger partial charge in [-0.1, -0.05) is 26.0 Å². The molecule has 2 aromatic carbocycles. The van der Waals surface area contributed by atoms with Crippen LogP contribution in [0.25, 0.3) is 0 Å². The number of esters is 2. The fraction of sp³-hybridized carbons (Fsp3) is 0.400. The van der Waals surface area contributed by atoms with Gasteiger partial charge in [0.1, 0.15) is 5.82 Å². The van der Waals surface area contributed by atoms with E-state index in [1.165, 1.54) is 19.1 Å². The molecule has 232 valence electrons. The van der Waals surface area contributed by atoms with Gasteiger partial charge in [-0.2, -0.15) is 13.2 Å². The smallest absolute Gasteiger partial charge is 0.416 e. The van der Waals surface area contributed by atoms with Crippen LogP contribution in [-0.2, 0) is 31.8 Å². The number of nitrogens with zero attached hydrogens (tertiary/aromatic N) is 2. The van der Waals surface area contributed by atoms with E-state index in [1.807, 2.05) is 18.7 Å². The van der Waals surface area contributed by atoms with Crippen LogP contribution in [0.4, 0.5) is 23.2 Å². The largest absolute Gasteiger partial charge is 0.466 e. The molecule has 0 bridgehead atoms. The van der Waals surface area contributed by atoms with Crippen molar-refractivity contribution in [3.63, 3.8) is 0 Å². The molecule has 1 aliphatic heterocycles. The monoisotopic (exact) mass is 607 g/mol. The van der Waals surface area contributed by atoms with Gasteiger partial charge in [-0.3, -0.25) is 10.1 Å². The Morgan fingerprint density at radius 1 is 1.02 bits per heavy atom. The minimum absolute atomic E-state index is 0.102. The Bertz CT molecular complexity index is 1470. The van der Waals surface area contributed by atoms with Crippen molar-refractivity contribution in [3.8, 4) is 0 Å². The van der Waals surface area contributed by atoms with Crippen molar-refractivity contribution in [2.24, 2.45) is 5.41 Å². The first-order valence-corrected chi connectivity index (χ1v) is 13.2. The van der Waals surface area contributed by atoms with E-state index in [0.29, 0.717) is 18.7 Å². The molecule has 0 radical (unpaired) electrons. The maximum atomic E-state index is 15.2. The fourth-order valence-corrected chi connectivity index (χ4v) is 5.10. The van der Waals surface area contributed by atoms with E-state index in [-0.39, 0.29) is 34.7 Å². The molecule has 2 aromatic rings. The lowest BCUT2D eigenvalue weighted by molar-refractivity contribution is -0.385. The Hall–Kier alpha value is -4.26. The number of methoxy groups -OCH3 is 1. The third kappa shape index (κ3) is 7.98. The molecule has 0 aliphatic carbocycles. The highest BCUT2D eigenvalue weighted by molar-refractivity contribution is 6.00. The summed E-state index contributed by atoms with van der Waals surface area (Å²) in [6.45, 7) is 7.34. The van der Waals surface area contributed by atoms with E-state index >= 15 is 4.39 Å². The van der Waals surface area contributed by atoms with Gasteiger partial charge in [0.25, 0.3) is 5.69 Å². The van der Waals surface area contributed by atoms with Gasteiger partial charge in [0, 0.05) is 47.6 Å². The SMILES string of the molecule is COC(=O)C1=C(C)NC(C)=C(C(=O)OCC(C)(C)CN(C)Cc2ccc(C(F)(F)F)cc2)C1c1cc([N+](=O)[O-])ccc1F. The predicted octanol–water partition coefficient (Wildman–Crippen LogP) is 5.86. The maximum Gasteiger partial charge on any atom is 0.416 e. The summed E-state index contributed by atoms with van der Waals surface area (Å²) in [5.41, 5.74) is -1.08. The average molecular weight is 608 g/mol. The number of hydrogen-bond donors (Lipinski definition) is 1. The maximum absolute atomic E-state index is 15.2. The van der Waals surface area contributed by atoms with Crippen LogP contribution in [0.15, 0.2) is 65.0 Å². The number of nitro groups is 1. The molecule has 1 atom stereocenters. The molecule has 3 rings (SSSR count). The van der Waals surface area contributed by atoms with Crippen LogP contribution in [0.2, 0.25) is 0 Å². The van der Waals surface area contributed by atoms with Gasteiger partial charge in [0.05, 0.1) is 41.3 Å². The molecule has 0 saturated carbocycles. The predicted molar refractivity (Wildman–Crippen MR) is 149 cm³/mol. The number of hydrogen-bond acceptors (Lipinski definition) is 8. The molecule has 1 unspecified atom stereocenters. The van der Waals surface area contributed by atoms with Gasteiger partial charge in [-0.05, 0) is 44.7 Å². The van der Waals surface area contributed by atoms with Crippen LogP contribution < -0.4 is 5.32 Å². The summed E-state index contributed by atoms with van der Waals surface area (Å²) in [7, 11) is 2.90. The van der Waals surface area contributed by atoms with Crippen LogP contribution in [0.1, 0.15) is 50.3 Å². The van der Waals surface area contributed by atoms with Crippen LogP contribution in [0.3, 0.4) is 0 Å². The number of non-ortho nitro benzene ring substituents is 1. The molecule has 13 heteroatoms. The number of nitrogens with one attached hydrogen (secondary N) is 1. The number of benzene rings is 2. The minimum atomic E-state index is -4.43. The summed E-state index contributed by atoms with van der Waals surface area (Å²) in [5.74, 6) is -3.95. The average Bonchev–Trinajstić information content (AvgIpc) is 2.90. The summed E-state index contributed by atoms with van der Waals surface area (Å²) in [6, 6.07) is 7.69. The number of ether oxygens (including phenoxy) is 2. The Morgan fingerprint density at radius 2 is 1.60 bits per heavy atom. The Balaban J connectivity index is 1.83. The van der Waals surface area contributed by atoms with E-state index in [1.54, 1.807) is 14.0 Å². The molecule has 0 fully saturated rings. The number of carbonyl (C=O) groups is 2. The van der Waals surface area contributed by atoms with Crippen molar-refractivity contribution in [2.75, 3.05) is 27.3 Å². The lowest BCUT2D eigenvalue weighted by Gasteiger charge is -2.32. The highest BCUT2D eigenvalue weighted by Crippen LogP contribution is 2.41. The van der Waals surface area contributed by atoms with Gasteiger partial charge in [-0.25, -0.2) is 14.0 Å². The van der Waals surface area contributed by atoms with E-state index in [0.717, 1.165) is 37.4 Å². The molecule has 0 saturated heterocycles. The van der Waals surface area contributed by atoms with E-state index in [9.17, 15) is 32.9 Å². The molecular weight excluding hydrogens is 574 g/mol. The molecule has 1 N–H and O–H groups in total. The van der Waals surface area contributed by atoms with Gasteiger partial charge >= 0.3 is 18.1 Å². The first-order valence-electron chi connectivity index (χ1n) is 13.2. The third-order valence-electron chi connectivity index (χ3n) is 6.91. The van der Waals surface area contributed by atoms with Gasteiger partial charge in [0.15, 0.2) is 0 Å². The van der Waals surface area contributed by atoms with E-state index in [4.69, 9.17) is 9.47 Å². The summed E-state index contributed by atoms with van der Waals surface area (Å²) in [6.07, 6.45) is -4.43. The number of carbonyl (C=O) groups excluding carboxylic acids is 2. The Labute approximate surface area is 246 Å². The lowest BCUT2D eigenvalue weighted by atomic mass is 9.80. The number of alkyl halides is 3. The summed E-state index contributed by atoms with van der Waals surface area (Å²) < 4.78 is 64.3. The van der Waals surface area contributed by atoms with Crippen LogP contribution in [-0.4, -0.2) is 49.1 Å². The number of allylic oxidation sites excluding steroid dienone is 2. The van der Waals surface area contributed by atoms with Crippen LogP contribution in [0.5, 0.6) is 0 Å². The van der Waals surface area contributed by atoms with Gasteiger partial charge < -0.3 is 19.7 Å². The van der Waals surface area contributed by atoms with Crippen molar-refractivity contribution < 1.29 is 41.5 Å². The van der Waals surface area contributed by atoms with E-state index in [2.05, 4.69) is 5.32 Å². The molecule has 9 nitrogen and oxygen atoms in total. The van der Waals surface area contributed by atoms with Gasteiger partial charge in [-0.15, -0.1) is 0 Å². The van der Waals surface area contributed by atoms with Crippen LogP contribution >= 0.6 is 0 Å². The first kappa shape index (κ1) is 33.2. The Morgan fingerprint density at radius 3 is 2.14 bits per heavy atom. The topological polar surface area (TPSA) is 111 Å². The highest BCUT2D eigenvalue weighted by atomic mass is 19.4. The molecule has 1 heterocycles. The zero-order valence-corrected chi connectivity index (χ0v) is 24.6. The molecule has 1 aliphatic rings. The zero-order chi connectivity index (χ0) is 32.3. The summed E-state index contributed by atoms with van der Waals surface area (Å²) in [5, 5.41) is 14.4. The second-order valence-electron chi connectivity index (χ2n) is 11.2. The van der Waals surface area contributed by atoms with Crippen molar-refractivity contribution in [2.45, 2.75) is 46.3 Å². The highest BCUT2D eigenvalue weighted by Gasteiger charge is 2.40. The first-order chi connectivity index (χ1) is 19.9. The second-order valence-corrected chi connectivity index (χ2v) is 11.2. The standard InChI is InChI=1S/C30H33F4N3O6/c1-17-24(27(38)42-6)26(22-13-21(37(40)41)11-12-23(22)31)25(18(2)35-17)28(39)43-16-29(3,4)15-36(5)14-19-7-9-20(10-8-19)30(32,33)34/h7-13,26,35H,14-16H2,1-6H3. The summed E-state index contributed by atoms with van der Waals surface area (Å²) in [4.78, 5) is 39.0. The molecule has 0 spiro atoms. The van der Waals surface area contributed by atoms with Crippen molar-refractivity contribution in [1.29, 1.82) is 0 Å². The fourth-order valence-electron chi connectivity index (χ4n) is 5.10. The van der Waals surface area contributed by atoms with Crippen molar-refractivity contribution in [3.05, 3.63) is 97.6 Å². The number of dihydropyridines is 1. The number of nitro benzene ring substituents is 1. The number of halogens is 4. The number of rotatable bonds is 10. The molecular formula is C30H33F4N3O6. The lowest BCUT2D eigenvalue weighted by Crippen LogP contribution is -2.37. The molecule has 43 heavy (non-hydrogen) atoms. The molecule has 0 amide bonds. The van der Waals surface area contributed by atoms with Crippen molar-refractivity contribution >= 4 is 17.6 Å². The second kappa shape index (κ2) is 12.9. The normalized spacial score (nSPS) is 15.8. The zero-order valence-electron chi connectivity index (χ0n) is 24.6.